The van der Waals surface area contributed by atoms with Crippen LogP contribution in [0.5, 0.6) is 17.2 Å². The normalized spacial score (nSPS) is 14.7. The van der Waals surface area contributed by atoms with Gasteiger partial charge < -0.3 is 19.5 Å². The molecule has 6 heteroatoms. The predicted molar refractivity (Wildman–Crippen MR) is 108 cm³/mol. The van der Waals surface area contributed by atoms with Crippen LogP contribution in [-0.2, 0) is 4.79 Å². The molecule has 4 rings (SSSR count). The number of carbonyl (C=O) groups is 2. The Bertz CT molecular complexity index is 1030. The molecule has 29 heavy (non-hydrogen) atoms. The number of esters is 1. The van der Waals surface area contributed by atoms with Crippen LogP contribution in [0.15, 0.2) is 72.8 Å². The van der Waals surface area contributed by atoms with Gasteiger partial charge >= 0.3 is 5.97 Å². The molecule has 1 atom stereocenters. The number of ether oxygens (including phenoxy) is 3. The van der Waals surface area contributed by atoms with Crippen molar-refractivity contribution < 1.29 is 23.8 Å². The van der Waals surface area contributed by atoms with E-state index in [0.717, 1.165) is 5.56 Å². The van der Waals surface area contributed by atoms with Crippen molar-refractivity contribution in [3.05, 3.63) is 83.9 Å². The van der Waals surface area contributed by atoms with Gasteiger partial charge in [-0.05, 0) is 55.5 Å². The average molecular weight is 389 g/mol. The van der Waals surface area contributed by atoms with Crippen molar-refractivity contribution in [3.63, 3.8) is 0 Å². The molecule has 0 fully saturated rings. The third-order valence-corrected chi connectivity index (χ3v) is 4.42. The van der Waals surface area contributed by atoms with E-state index in [4.69, 9.17) is 14.2 Å². The van der Waals surface area contributed by atoms with Gasteiger partial charge in [-0.1, -0.05) is 29.8 Å². The minimum absolute atomic E-state index is 0.0763. The first kappa shape index (κ1) is 18.6. The molecule has 3 aromatic rings. The van der Waals surface area contributed by atoms with E-state index in [1.807, 2.05) is 37.3 Å². The summed E-state index contributed by atoms with van der Waals surface area (Å²) in [6.45, 7) is 2.06. The number of rotatable bonds is 4. The van der Waals surface area contributed by atoms with Crippen molar-refractivity contribution in [2.75, 3.05) is 11.9 Å². The van der Waals surface area contributed by atoms with Crippen LogP contribution in [0.4, 0.5) is 5.69 Å². The molecule has 0 saturated carbocycles. The molecular weight excluding hydrogens is 370 g/mol. The Labute approximate surface area is 168 Å². The second kappa shape index (κ2) is 8.06. The maximum atomic E-state index is 12.4. The highest BCUT2D eigenvalue weighted by molar-refractivity contribution is 6.04. The molecule has 1 N–H and O–H groups in total. The highest BCUT2D eigenvalue weighted by Gasteiger charge is 2.29. The number of fused-ring (bicyclic) bond motifs is 1. The van der Waals surface area contributed by atoms with Gasteiger partial charge in [0.1, 0.15) is 12.4 Å². The quantitative estimate of drug-likeness (QED) is 0.539. The highest BCUT2D eigenvalue weighted by atomic mass is 16.6. The van der Waals surface area contributed by atoms with Crippen LogP contribution in [-0.4, -0.2) is 24.6 Å². The summed E-state index contributed by atoms with van der Waals surface area (Å²) in [5, 5.41) is 2.82. The Balaban J connectivity index is 1.36. The van der Waals surface area contributed by atoms with Crippen molar-refractivity contribution in [1.29, 1.82) is 0 Å². The Morgan fingerprint density at radius 1 is 0.931 bits per heavy atom. The maximum absolute atomic E-state index is 12.4. The standard InChI is InChI=1S/C23H19NO5/c1-15-6-10-17(11-7-15)24-22(25)16-8-12-18(13-9-16)28-23(26)21-14-27-19-4-2-3-5-20(19)29-21/h2-13,21H,14H2,1H3,(H,24,25)/t21-/m1/s1. The van der Waals surface area contributed by atoms with Crippen molar-refractivity contribution in [3.8, 4) is 17.2 Å². The van der Waals surface area contributed by atoms with Gasteiger partial charge in [-0.25, -0.2) is 4.79 Å². The fourth-order valence-corrected chi connectivity index (χ4v) is 2.83. The van der Waals surface area contributed by atoms with Gasteiger partial charge in [0.15, 0.2) is 11.5 Å². The van der Waals surface area contributed by atoms with Gasteiger partial charge in [-0.3, -0.25) is 4.79 Å². The molecule has 146 valence electrons. The van der Waals surface area contributed by atoms with E-state index < -0.39 is 12.1 Å². The number of benzene rings is 3. The molecule has 1 amide bonds. The van der Waals surface area contributed by atoms with Crippen LogP contribution in [0.1, 0.15) is 15.9 Å². The topological polar surface area (TPSA) is 73.9 Å². The molecule has 0 bridgehead atoms. The number of nitrogens with one attached hydrogen (secondary N) is 1. The number of aryl methyl sites for hydroxylation is 1. The summed E-state index contributed by atoms with van der Waals surface area (Å²) < 4.78 is 16.5. The molecule has 1 aliphatic rings. The summed E-state index contributed by atoms with van der Waals surface area (Å²) in [7, 11) is 0. The average Bonchev–Trinajstić information content (AvgIpc) is 2.75. The first-order valence-corrected chi connectivity index (χ1v) is 9.17. The Morgan fingerprint density at radius 3 is 2.34 bits per heavy atom. The zero-order valence-electron chi connectivity index (χ0n) is 15.8. The minimum atomic E-state index is -0.852. The third-order valence-electron chi connectivity index (χ3n) is 4.42. The summed E-state index contributed by atoms with van der Waals surface area (Å²) in [5.41, 5.74) is 2.28. The van der Waals surface area contributed by atoms with Crippen LogP contribution >= 0.6 is 0 Å². The Hall–Kier alpha value is -3.80. The SMILES string of the molecule is Cc1ccc(NC(=O)c2ccc(OC(=O)[C@H]3COc4ccccc4O3)cc2)cc1. The van der Waals surface area contributed by atoms with Crippen molar-refractivity contribution in [2.45, 2.75) is 13.0 Å². The van der Waals surface area contributed by atoms with Crippen LogP contribution < -0.4 is 19.5 Å². The second-order valence-corrected chi connectivity index (χ2v) is 6.63. The van der Waals surface area contributed by atoms with Crippen molar-refractivity contribution in [1.82, 2.24) is 0 Å². The molecule has 0 aromatic heterocycles. The summed E-state index contributed by atoms with van der Waals surface area (Å²) in [5.74, 6) is 0.623. The van der Waals surface area contributed by atoms with Crippen molar-refractivity contribution in [2.24, 2.45) is 0 Å². The number of anilines is 1. The lowest BCUT2D eigenvalue weighted by Gasteiger charge is -2.24. The number of carbonyl (C=O) groups excluding carboxylic acids is 2. The van der Waals surface area contributed by atoms with Gasteiger partial charge in [-0.15, -0.1) is 0 Å². The molecule has 0 aliphatic carbocycles. The molecule has 1 heterocycles. The van der Waals surface area contributed by atoms with Gasteiger partial charge in [0.05, 0.1) is 0 Å². The van der Waals surface area contributed by atoms with E-state index in [9.17, 15) is 9.59 Å². The largest absolute Gasteiger partial charge is 0.485 e. The van der Waals surface area contributed by atoms with E-state index >= 15 is 0 Å². The zero-order chi connectivity index (χ0) is 20.2. The second-order valence-electron chi connectivity index (χ2n) is 6.63. The van der Waals surface area contributed by atoms with Crippen LogP contribution in [0, 0.1) is 6.92 Å². The molecule has 0 saturated heterocycles. The first-order chi connectivity index (χ1) is 14.1. The number of hydrogen-bond donors (Lipinski definition) is 1. The van der Waals surface area contributed by atoms with Crippen LogP contribution in [0.25, 0.3) is 0 Å². The number of para-hydroxylation sites is 2. The molecular formula is C23H19NO5. The van der Waals surface area contributed by atoms with E-state index in [1.165, 1.54) is 0 Å². The number of amides is 1. The predicted octanol–water partition coefficient (Wildman–Crippen LogP) is 3.99. The van der Waals surface area contributed by atoms with Gasteiger partial charge in [0.2, 0.25) is 6.10 Å². The lowest BCUT2D eigenvalue weighted by atomic mass is 10.2. The zero-order valence-corrected chi connectivity index (χ0v) is 15.8. The summed E-state index contributed by atoms with van der Waals surface area (Å²) in [6, 6.07) is 21.0. The molecule has 0 spiro atoms. The minimum Gasteiger partial charge on any atom is -0.485 e. The van der Waals surface area contributed by atoms with Crippen molar-refractivity contribution >= 4 is 17.6 Å². The molecule has 0 radical (unpaired) electrons. The molecule has 0 unspecified atom stereocenters. The van der Waals surface area contributed by atoms with Gasteiger partial charge in [0, 0.05) is 11.3 Å². The van der Waals surface area contributed by atoms with E-state index in [0.29, 0.717) is 28.5 Å². The Morgan fingerprint density at radius 2 is 1.62 bits per heavy atom. The first-order valence-electron chi connectivity index (χ1n) is 9.17. The smallest absolute Gasteiger partial charge is 0.356 e. The summed E-state index contributed by atoms with van der Waals surface area (Å²) in [4.78, 5) is 24.7. The highest BCUT2D eigenvalue weighted by Crippen LogP contribution is 2.31. The van der Waals surface area contributed by atoms with Crippen LogP contribution in [0.3, 0.4) is 0 Å². The Kier molecular flexibility index (Phi) is 5.16. The van der Waals surface area contributed by atoms with E-state index in [2.05, 4.69) is 5.32 Å². The monoisotopic (exact) mass is 389 g/mol. The van der Waals surface area contributed by atoms with Gasteiger partial charge in [-0.2, -0.15) is 0 Å². The summed E-state index contributed by atoms with van der Waals surface area (Å²) in [6.07, 6.45) is -0.852. The fraction of sp³-hybridized carbons (Fsp3) is 0.130. The molecule has 3 aromatic carbocycles. The molecule has 6 nitrogen and oxygen atoms in total. The van der Waals surface area contributed by atoms with E-state index in [1.54, 1.807) is 42.5 Å². The summed E-state index contributed by atoms with van der Waals surface area (Å²) >= 11 is 0. The lowest BCUT2D eigenvalue weighted by molar-refractivity contribution is -0.144. The molecule has 1 aliphatic heterocycles. The third kappa shape index (κ3) is 4.38. The van der Waals surface area contributed by atoms with Crippen LogP contribution in [0.2, 0.25) is 0 Å². The number of hydrogen-bond acceptors (Lipinski definition) is 5. The lowest BCUT2D eigenvalue weighted by Crippen LogP contribution is -2.39. The van der Waals surface area contributed by atoms with Gasteiger partial charge in [0.25, 0.3) is 5.91 Å². The fourth-order valence-electron chi connectivity index (χ4n) is 2.83. The van der Waals surface area contributed by atoms with E-state index in [-0.39, 0.29) is 12.5 Å². The maximum Gasteiger partial charge on any atom is 0.356 e.